The summed E-state index contributed by atoms with van der Waals surface area (Å²) >= 11 is 0. The lowest BCUT2D eigenvalue weighted by atomic mass is 9.92. The van der Waals surface area contributed by atoms with Crippen LogP contribution in [0.5, 0.6) is 0 Å². The van der Waals surface area contributed by atoms with Gasteiger partial charge in [-0.3, -0.25) is 0 Å². The molecule has 0 aliphatic heterocycles. The molecule has 0 unspecified atom stereocenters. The second-order valence-electron chi connectivity index (χ2n) is 4.71. The van der Waals surface area contributed by atoms with Crippen LogP contribution in [-0.2, 0) is 6.54 Å². The molecule has 1 fully saturated rings. The Morgan fingerprint density at radius 3 is 2.68 bits per heavy atom. The van der Waals surface area contributed by atoms with Crippen LogP contribution in [-0.4, -0.2) is 40.1 Å². The number of urea groups is 1. The fraction of sp³-hybridized carbons (Fsp3) is 0.462. The van der Waals surface area contributed by atoms with E-state index >= 15 is 0 Å². The van der Waals surface area contributed by atoms with Crippen molar-refractivity contribution in [3.8, 4) is 0 Å². The number of aromatic nitrogens is 1. The standard InChI is InChI=1S/C13H17N3O3/c1-16(10-3-2-4-10)13(19)15-8-9-5-6-11(12(17)18)14-7-9/h5-7,10H,2-4,8H2,1H3,(H,15,19)(H,17,18). The Balaban J connectivity index is 1.84. The highest BCUT2D eigenvalue weighted by molar-refractivity contribution is 5.85. The molecule has 19 heavy (non-hydrogen) atoms. The van der Waals surface area contributed by atoms with Gasteiger partial charge in [-0.1, -0.05) is 6.07 Å². The molecule has 2 N–H and O–H groups in total. The van der Waals surface area contributed by atoms with Crippen LogP contribution in [0, 0.1) is 0 Å². The third-order valence-electron chi connectivity index (χ3n) is 3.43. The Morgan fingerprint density at radius 1 is 1.47 bits per heavy atom. The Morgan fingerprint density at radius 2 is 2.21 bits per heavy atom. The summed E-state index contributed by atoms with van der Waals surface area (Å²) in [6.07, 6.45) is 4.79. The number of hydrogen-bond donors (Lipinski definition) is 2. The first-order valence-electron chi connectivity index (χ1n) is 6.27. The number of amides is 2. The molecule has 2 amide bonds. The number of carbonyl (C=O) groups excluding carboxylic acids is 1. The SMILES string of the molecule is CN(C(=O)NCc1ccc(C(=O)O)nc1)C1CCC1. The van der Waals surface area contributed by atoms with Gasteiger partial charge in [-0.05, 0) is 30.9 Å². The van der Waals surface area contributed by atoms with Crippen molar-refractivity contribution in [3.63, 3.8) is 0 Å². The van der Waals surface area contributed by atoms with E-state index in [1.54, 1.807) is 18.0 Å². The first kappa shape index (κ1) is 13.3. The van der Waals surface area contributed by atoms with Crippen LogP contribution in [0.2, 0.25) is 0 Å². The average Bonchev–Trinajstić information content (AvgIpc) is 2.34. The zero-order chi connectivity index (χ0) is 13.8. The molecule has 1 aromatic rings. The van der Waals surface area contributed by atoms with Crippen LogP contribution >= 0.6 is 0 Å². The highest BCUT2D eigenvalue weighted by Gasteiger charge is 2.25. The van der Waals surface area contributed by atoms with E-state index in [1.165, 1.54) is 18.7 Å². The maximum Gasteiger partial charge on any atom is 0.354 e. The molecule has 0 bridgehead atoms. The zero-order valence-electron chi connectivity index (χ0n) is 10.8. The number of carboxylic acids is 1. The molecule has 1 heterocycles. The molecule has 1 aliphatic carbocycles. The molecule has 1 aromatic heterocycles. The molecule has 0 spiro atoms. The van der Waals surface area contributed by atoms with E-state index in [0.29, 0.717) is 12.6 Å². The molecule has 0 radical (unpaired) electrons. The van der Waals surface area contributed by atoms with Gasteiger partial charge in [-0.2, -0.15) is 0 Å². The third kappa shape index (κ3) is 3.21. The van der Waals surface area contributed by atoms with Gasteiger partial charge in [0.1, 0.15) is 5.69 Å². The number of nitrogens with zero attached hydrogens (tertiary/aromatic N) is 2. The van der Waals surface area contributed by atoms with Gasteiger partial charge in [0.2, 0.25) is 0 Å². The van der Waals surface area contributed by atoms with Crippen molar-refractivity contribution in [3.05, 3.63) is 29.6 Å². The topological polar surface area (TPSA) is 82.5 Å². The molecular weight excluding hydrogens is 246 g/mol. The van der Waals surface area contributed by atoms with Crippen molar-refractivity contribution in [1.82, 2.24) is 15.2 Å². The van der Waals surface area contributed by atoms with Gasteiger partial charge in [-0.15, -0.1) is 0 Å². The largest absolute Gasteiger partial charge is 0.477 e. The van der Waals surface area contributed by atoms with Crippen LogP contribution in [0.3, 0.4) is 0 Å². The van der Waals surface area contributed by atoms with Crippen molar-refractivity contribution in [2.75, 3.05) is 7.05 Å². The maximum absolute atomic E-state index is 11.8. The minimum Gasteiger partial charge on any atom is -0.477 e. The van der Waals surface area contributed by atoms with E-state index in [1.807, 2.05) is 0 Å². The zero-order valence-corrected chi connectivity index (χ0v) is 10.8. The molecule has 2 rings (SSSR count). The molecule has 0 saturated heterocycles. The van der Waals surface area contributed by atoms with E-state index in [0.717, 1.165) is 18.4 Å². The number of aromatic carboxylic acids is 1. The predicted molar refractivity (Wildman–Crippen MR) is 68.8 cm³/mol. The van der Waals surface area contributed by atoms with Crippen LogP contribution in [0.4, 0.5) is 4.79 Å². The summed E-state index contributed by atoms with van der Waals surface area (Å²) < 4.78 is 0. The summed E-state index contributed by atoms with van der Waals surface area (Å²) in [4.78, 5) is 28.0. The van der Waals surface area contributed by atoms with E-state index in [2.05, 4.69) is 10.3 Å². The second-order valence-corrected chi connectivity index (χ2v) is 4.71. The molecule has 102 valence electrons. The third-order valence-corrected chi connectivity index (χ3v) is 3.43. The Bertz CT molecular complexity index is 469. The van der Waals surface area contributed by atoms with Crippen LogP contribution in [0.25, 0.3) is 0 Å². The summed E-state index contributed by atoms with van der Waals surface area (Å²) in [6.45, 7) is 0.350. The van der Waals surface area contributed by atoms with Gasteiger partial charge < -0.3 is 15.3 Å². The van der Waals surface area contributed by atoms with Gasteiger partial charge >= 0.3 is 12.0 Å². The Hall–Kier alpha value is -2.11. The van der Waals surface area contributed by atoms with Crippen molar-refractivity contribution in [2.24, 2.45) is 0 Å². The summed E-state index contributed by atoms with van der Waals surface area (Å²) in [5.74, 6) is -1.06. The molecule has 0 atom stereocenters. The number of nitrogens with one attached hydrogen (secondary N) is 1. The first-order chi connectivity index (χ1) is 9.08. The number of rotatable bonds is 4. The molecule has 6 heteroatoms. The van der Waals surface area contributed by atoms with E-state index in [-0.39, 0.29) is 11.7 Å². The van der Waals surface area contributed by atoms with E-state index < -0.39 is 5.97 Å². The van der Waals surface area contributed by atoms with Crippen molar-refractivity contribution < 1.29 is 14.7 Å². The van der Waals surface area contributed by atoms with E-state index in [9.17, 15) is 9.59 Å². The number of carbonyl (C=O) groups is 2. The highest BCUT2D eigenvalue weighted by atomic mass is 16.4. The summed E-state index contributed by atoms with van der Waals surface area (Å²) in [6, 6.07) is 3.33. The van der Waals surface area contributed by atoms with Crippen molar-refractivity contribution >= 4 is 12.0 Å². The molecular formula is C13H17N3O3. The summed E-state index contributed by atoms with van der Waals surface area (Å²) in [5, 5.41) is 11.5. The predicted octanol–water partition coefficient (Wildman–Crippen LogP) is 1.47. The minimum absolute atomic E-state index is 0.00154. The van der Waals surface area contributed by atoms with Crippen molar-refractivity contribution in [2.45, 2.75) is 31.8 Å². The van der Waals surface area contributed by atoms with Gasteiger partial charge in [-0.25, -0.2) is 14.6 Å². The lowest BCUT2D eigenvalue weighted by molar-refractivity contribution is 0.0690. The van der Waals surface area contributed by atoms with E-state index in [4.69, 9.17) is 5.11 Å². The second kappa shape index (κ2) is 5.69. The normalized spacial score (nSPS) is 14.6. The average molecular weight is 263 g/mol. The molecule has 6 nitrogen and oxygen atoms in total. The van der Waals surface area contributed by atoms with Gasteiger partial charge in [0, 0.05) is 25.8 Å². The van der Waals surface area contributed by atoms with Crippen LogP contribution in [0.1, 0.15) is 35.3 Å². The Kier molecular flexibility index (Phi) is 3.99. The maximum atomic E-state index is 11.8. The van der Waals surface area contributed by atoms with Crippen LogP contribution in [0.15, 0.2) is 18.3 Å². The van der Waals surface area contributed by atoms with Crippen molar-refractivity contribution in [1.29, 1.82) is 0 Å². The molecule has 1 saturated carbocycles. The fourth-order valence-corrected chi connectivity index (χ4v) is 1.90. The fourth-order valence-electron chi connectivity index (χ4n) is 1.90. The first-order valence-corrected chi connectivity index (χ1v) is 6.27. The summed E-state index contributed by atoms with van der Waals surface area (Å²) in [5.41, 5.74) is 0.780. The number of carboxylic acid groups (broad SMARTS) is 1. The summed E-state index contributed by atoms with van der Waals surface area (Å²) in [7, 11) is 1.80. The van der Waals surface area contributed by atoms with Gasteiger partial charge in [0.15, 0.2) is 0 Å². The minimum atomic E-state index is -1.06. The quantitative estimate of drug-likeness (QED) is 0.861. The smallest absolute Gasteiger partial charge is 0.354 e. The highest BCUT2D eigenvalue weighted by Crippen LogP contribution is 2.23. The molecule has 1 aliphatic rings. The van der Waals surface area contributed by atoms with Gasteiger partial charge in [0.25, 0.3) is 0 Å². The Labute approximate surface area is 111 Å². The number of hydrogen-bond acceptors (Lipinski definition) is 3. The monoisotopic (exact) mass is 263 g/mol. The van der Waals surface area contributed by atoms with Crippen LogP contribution < -0.4 is 5.32 Å². The molecule has 0 aromatic carbocycles. The lowest BCUT2D eigenvalue weighted by Crippen LogP contribution is -2.46. The lowest BCUT2D eigenvalue weighted by Gasteiger charge is -2.34. The number of pyridine rings is 1. The van der Waals surface area contributed by atoms with Gasteiger partial charge in [0.05, 0.1) is 0 Å².